The van der Waals surface area contributed by atoms with Crippen LogP contribution in [-0.4, -0.2) is 28.8 Å². The second kappa shape index (κ2) is 5.82. The molecule has 0 unspecified atom stereocenters. The molecule has 0 spiro atoms. The molecule has 2 rings (SSSR count). The van der Waals surface area contributed by atoms with Gasteiger partial charge in [0.05, 0.1) is 0 Å². The highest BCUT2D eigenvalue weighted by molar-refractivity contribution is 5.92. The number of ether oxygens (including phenoxy) is 1. The average Bonchev–Trinajstić information content (AvgIpc) is 2.79. The summed E-state index contributed by atoms with van der Waals surface area (Å²) in [4.78, 5) is 11.9. The molecule has 0 bridgehead atoms. The Morgan fingerprint density at radius 3 is 3.00 bits per heavy atom. The number of nitrogens with one attached hydrogen (secondary N) is 1. The molecule has 0 radical (unpaired) electrons. The Bertz CT molecular complexity index is 370. The number of hydrogen-bond acceptors (Lipinski definition) is 3. The number of hydrogen-bond donors (Lipinski definition) is 1. The normalized spacial score (nSPS) is 17.0. The molecule has 0 aliphatic heterocycles. The summed E-state index contributed by atoms with van der Waals surface area (Å²) in [7, 11) is 1.60. The van der Waals surface area contributed by atoms with Crippen LogP contribution in [0, 0.1) is 0 Å². The van der Waals surface area contributed by atoms with Gasteiger partial charge in [-0.25, -0.2) is 4.68 Å². The molecule has 1 aromatic rings. The lowest BCUT2D eigenvalue weighted by molar-refractivity contribution is 0.0915. The van der Waals surface area contributed by atoms with Crippen LogP contribution in [0.2, 0.25) is 0 Å². The maximum atomic E-state index is 11.9. The van der Waals surface area contributed by atoms with E-state index in [0.29, 0.717) is 18.5 Å². The highest BCUT2D eigenvalue weighted by atomic mass is 16.5. The number of carbonyl (C=O) groups is 1. The lowest BCUT2D eigenvalue weighted by Gasteiger charge is -2.22. The third-order valence-corrected chi connectivity index (χ3v) is 3.08. The molecule has 0 atom stereocenters. The summed E-state index contributed by atoms with van der Waals surface area (Å²) in [5.74, 6) is -0.0771. The van der Waals surface area contributed by atoms with Crippen LogP contribution in [-0.2, 0) is 11.5 Å². The molecule has 1 heterocycles. The smallest absolute Gasteiger partial charge is 0.271 e. The van der Waals surface area contributed by atoms with Crippen LogP contribution in [0.3, 0.4) is 0 Å². The highest BCUT2D eigenvalue weighted by Crippen LogP contribution is 2.17. The van der Waals surface area contributed by atoms with Crippen molar-refractivity contribution < 1.29 is 9.53 Å². The summed E-state index contributed by atoms with van der Waals surface area (Å²) in [6, 6.07) is 2.04. The minimum Gasteiger partial charge on any atom is -0.362 e. The number of amides is 1. The first kappa shape index (κ1) is 12.1. The lowest BCUT2D eigenvalue weighted by atomic mass is 9.95. The predicted octanol–water partition coefficient (Wildman–Crippen LogP) is 1.55. The molecule has 5 nitrogen and oxygen atoms in total. The first-order valence-corrected chi connectivity index (χ1v) is 6.13. The van der Waals surface area contributed by atoms with Crippen LogP contribution in [0.1, 0.15) is 42.6 Å². The van der Waals surface area contributed by atoms with Gasteiger partial charge in [0.15, 0.2) is 0 Å². The number of carbonyl (C=O) groups excluding carboxylic acids is 1. The maximum absolute atomic E-state index is 11.9. The zero-order valence-electron chi connectivity index (χ0n) is 10.2. The fourth-order valence-electron chi connectivity index (χ4n) is 2.19. The molecular weight excluding hydrogens is 218 g/mol. The molecule has 17 heavy (non-hydrogen) atoms. The van der Waals surface area contributed by atoms with Crippen molar-refractivity contribution in [2.75, 3.05) is 7.11 Å². The monoisotopic (exact) mass is 237 g/mol. The van der Waals surface area contributed by atoms with Gasteiger partial charge in [0.2, 0.25) is 0 Å². The molecule has 1 amide bonds. The van der Waals surface area contributed by atoms with Gasteiger partial charge in [0.1, 0.15) is 12.4 Å². The van der Waals surface area contributed by atoms with Gasteiger partial charge >= 0.3 is 0 Å². The Morgan fingerprint density at radius 2 is 2.29 bits per heavy atom. The quantitative estimate of drug-likeness (QED) is 0.864. The van der Waals surface area contributed by atoms with Crippen molar-refractivity contribution in [1.82, 2.24) is 15.1 Å². The Hall–Kier alpha value is -1.36. The molecule has 1 aliphatic rings. The third-order valence-electron chi connectivity index (χ3n) is 3.08. The third kappa shape index (κ3) is 3.30. The van der Waals surface area contributed by atoms with E-state index in [1.807, 2.05) is 0 Å². The minimum absolute atomic E-state index is 0.0771. The van der Waals surface area contributed by atoms with E-state index < -0.39 is 0 Å². The number of nitrogens with zero attached hydrogens (tertiary/aromatic N) is 2. The largest absolute Gasteiger partial charge is 0.362 e. The number of rotatable bonds is 4. The summed E-state index contributed by atoms with van der Waals surface area (Å²) in [5, 5.41) is 7.18. The fraction of sp³-hybridized carbons (Fsp3) is 0.667. The topological polar surface area (TPSA) is 56.1 Å². The first-order chi connectivity index (χ1) is 8.29. The van der Waals surface area contributed by atoms with Crippen LogP contribution < -0.4 is 5.32 Å². The van der Waals surface area contributed by atoms with Gasteiger partial charge in [-0.3, -0.25) is 4.79 Å². The van der Waals surface area contributed by atoms with Crippen molar-refractivity contribution in [1.29, 1.82) is 0 Å². The molecule has 94 valence electrons. The van der Waals surface area contributed by atoms with Gasteiger partial charge in [-0.15, -0.1) is 0 Å². The average molecular weight is 237 g/mol. The van der Waals surface area contributed by atoms with E-state index in [9.17, 15) is 4.79 Å². The van der Waals surface area contributed by atoms with Crippen molar-refractivity contribution in [2.45, 2.75) is 44.9 Å². The Balaban J connectivity index is 1.89. The van der Waals surface area contributed by atoms with Crippen molar-refractivity contribution in [3.05, 3.63) is 18.0 Å². The Morgan fingerprint density at radius 1 is 1.53 bits per heavy atom. The Labute approximate surface area is 101 Å². The summed E-state index contributed by atoms with van der Waals surface area (Å²) in [6.07, 6.45) is 7.63. The van der Waals surface area contributed by atoms with Crippen LogP contribution in [0.5, 0.6) is 0 Å². The molecular formula is C12H19N3O2. The van der Waals surface area contributed by atoms with Gasteiger partial charge in [0.25, 0.3) is 5.91 Å². The molecule has 0 aromatic carbocycles. The van der Waals surface area contributed by atoms with Crippen LogP contribution in [0.15, 0.2) is 12.3 Å². The van der Waals surface area contributed by atoms with Crippen LogP contribution in [0.4, 0.5) is 0 Å². The van der Waals surface area contributed by atoms with Gasteiger partial charge in [0, 0.05) is 19.3 Å². The van der Waals surface area contributed by atoms with Crippen molar-refractivity contribution in [2.24, 2.45) is 0 Å². The molecule has 0 saturated heterocycles. The van der Waals surface area contributed by atoms with E-state index in [-0.39, 0.29) is 5.91 Å². The summed E-state index contributed by atoms with van der Waals surface area (Å²) in [6.45, 7) is 0.372. The van der Waals surface area contributed by atoms with Crippen LogP contribution >= 0.6 is 0 Å². The van der Waals surface area contributed by atoms with E-state index in [0.717, 1.165) is 12.8 Å². The molecule has 5 heteroatoms. The number of aromatic nitrogens is 2. The number of methoxy groups -OCH3 is 1. The van der Waals surface area contributed by atoms with Gasteiger partial charge in [-0.05, 0) is 18.9 Å². The van der Waals surface area contributed by atoms with Crippen molar-refractivity contribution in [3.63, 3.8) is 0 Å². The Kier molecular flexibility index (Phi) is 4.14. The molecule has 1 saturated carbocycles. The van der Waals surface area contributed by atoms with Gasteiger partial charge in [-0.1, -0.05) is 19.3 Å². The second-order valence-corrected chi connectivity index (χ2v) is 4.47. The van der Waals surface area contributed by atoms with E-state index in [1.54, 1.807) is 24.1 Å². The summed E-state index contributed by atoms with van der Waals surface area (Å²) >= 11 is 0. The predicted molar refractivity (Wildman–Crippen MR) is 63.6 cm³/mol. The van der Waals surface area contributed by atoms with E-state index >= 15 is 0 Å². The van der Waals surface area contributed by atoms with E-state index in [1.165, 1.54) is 19.3 Å². The van der Waals surface area contributed by atoms with Crippen molar-refractivity contribution in [3.8, 4) is 0 Å². The molecule has 1 fully saturated rings. The van der Waals surface area contributed by atoms with E-state index in [2.05, 4.69) is 10.4 Å². The molecule has 1 N–H and O–H groups in total. The minimum atomic E-state index is -0.0771. The van der Waals surface area contributed by atoms with E-state index in [4.69, 9.17) is 4.74 Å². The van der Waals surface area contributed by atoms with Crippen molar-refractivity contribution >= 4 is 5.91 Å². The molecule has 1 aromatic heterocycles. The zero-order valence-corrected chi connectivity index (χ0v) is 10.2. The van der Waals surface area contributed by atoms with Gasteiger partial charge in [-0.2, -0.15) is 5.10 Å². The standard InChI is InChI=1S/C12H19N3O2/c1-17-9-15-8-7-11(14-15)12(16)13-10-5-3-2-4-6-10/h7-8,10H,2-6,9H2,1H3,(H,13,16). The maximum Gasteiger partial charge on any atom is 0.271 e. The SMILES string of the molecule is COCn1ccc(C(=O)NC2CCCCC2)n1. The summed E-state index contributed by atoms with van der Waals surface area (Å²) in [5.41, 5.74) is 0.465. The summed E-state index contributed by atoms with van der Waals surface area (Å²) < 4.78 is 6.55. The van der Waals surface area contributed by atoms with Gasteiger partial charge < -0.3 is 10.1 Å². The first-order valence-electron chi connectivity index (χ1n) is 6.13. The zero-order chi connectivity index (χ0) is 12.1. The lowest BCUT2D eigenvalue weighted by Crippen LogP contribution is -2.36. The highest BCUT2D eigenvalue weighted by Gasteiger charge is 2.17. The fourth-order valence-corrected chi connectivity index (χ4v) is 2.19. The second-order valence-electron chi connectivity index (χ2n) is 4.47. The molecule has 1 aliphatic carbocycles. The van der Waals surface area contributed by atoms with Crippen LogP contribution in [0.25, 0.3) is 0 Å².